The van der Waals surface area contributed by atoms with E-state index < -0.39 is 0 Å². The lowest BCUT2D eigenvalue weighted by atomic mass is 10.0. The summed E-state index contributed by atoms with van der Waals surface area (Å²) in [6.07, 6.45) is 3.33. The highest BCUT2D eigenvalue weighted by atomic mass is 35.5. The number of aryl methyl sites for hydroxylation is 2. The van der Waals surface area contributed by atoms with Crippen molar-refractivity contribution in [3.8, 4) is 16.1 Å². The highest BCUT2D eigenvalue weighted by Crippen LogP contribution is 2.40. The maximum Gasteiger partial charge on any atom is 0.274 e. The third-order valence-corrected chi connectivity index (χ3v) is 5.15. The largest absolute Gasteiger partial charge is 0.274 e. The zero-order valence-corrected chi connectivity index (χ0v) is 14.6. The van der Waals surface area contributed by atoms with Gasteiger partial charge in [0.25, 0.3) is 5.56 Å². The van der Waals surface area contributed by atoms with Gasteiger partial charge in [-0.1, -0.05) is 29.8 Å². The fraction of sp³-hybridized carbons (Fsp3) is 0.118. The molecule has 0 aliphatic heterocycles. The predicted molar refractivity (Wildman–Crippen MR) is 97.2 cm³/mol. The van der Waals surface area contributed by atoms with E-state index in [1.165, 1.54) is 4.68 Å². The molecule has 0 spiro atoms. The monoisotopic (exact) mass is 356 g/mol. The van der Waals surface area contributed by atoms with Gasteiger partial charge in [0.1, 0.15) is 5.00 Å². The molecule has 0 fully saturated rings. The molecule has 0 N–H and O–H groups in total. The van der Waals surface area contributed by atoms with Crippen LogP contribution in [0.15, 0.2) is 47.5 Å². The normalized spacial score (nSPS) is 11.3. The minimum absolute atomic E-state index is 0.136. The fourth-order valence-corrected chi connectivity index (χ4v) is 4.09. The summed E-state index contributed by atoms with van der Waals surface area (Å²) in [7, 11) is 1.66. The number of fused-ring (bicyclic) bond motifs is 1. The zero-order valence-electron chi connectivity index (χ0n) is 13.0. The van der Waals surface area contributed by atoms with E-state index in [1.807, 2.05) is 37.3 Å². The van der Waals surface area contributed by atoms with E-state index in [2.05, 4.69) is 10.2 Å². The Kier molecular flexibility index (Phi) is 3.51. The Balaban J connectivity index is 2.13. The van der Waals surface area contributed by atoms with Gasteiger partial charge >= 0.3 is 0 Å². The van der Waals surface area contributed by atoms with Crippen molar-refractivity contribution in [1.29, 1.82) is 0 Å². The number of hydrogen-bond donors (Lipinski definition) is 0. The van der Waals surface area contributed by atoms with Crippen LogP contribution in [-0.2, 0) is 7.05 Å². The first-order valence-corrected chi connectivity index (χ1v) is 8.51. The number of nitrogens with zero attached hydrogens (tertiary/aromatic N) is 4. The molecule has 0 saturated heterocycles. The number of rotatable bonds is 2. The second-order valence-corrected chi connectivity index (χ2v) is 6.98. The minimum Gasteiger partial charge on any atom is -0.267 e. The number of thiophene rings is 1. The van der Waals surface area contributed by atoms with E-state index in [0.717, 1.165) is 26.3 Å². The number of aromatic nitrogens is 4. The highest BCUT2D eigenvalue weighted by molar-refractivity contribution is 7.22. The molecule has 4 aromatic rings. The molecule has 0 saturated carbocycles. The van der Waals surface area contributed by atoms with Crippen LogP contribution in [0.4, 0.5) is 0 Å². The van der Waals surface area contributed by atoms with Crippen molar-refractivity contribution in [2.45, 2.75) is 6.92 Å². The summed E-state index contributed by atoms with van der Waals surface area (Å²) >= 11 is 7.61. The first kappa shape index (κ1) is 15.1. The van der Waals surface area contributed by atoms with E-state index in [4.69, 9.17) is 11.6 Å². The van der Waals surface area contributed by atoms with Crippen LogP contribution in [0.25, 0.3) is 26.2 Å². The molecular weight excluding hydrogens is 344 g/mol. The quantitative estimate of drug-likeness (QED) is 0.548. The molecule has 3 heterocycles. The van der Waals surface area contributed by atoms with Gasteiger partial charge in [-0.3, -0.25) is 4.79 Å². The SMILES string of the molecule is Cc1cc(-c2c(-n3cc(Cl)cn3)sc3ccccc23)c(=O)n(C)n1. The summed E-state index contributed by atoms with van der Waals surface area (Å²) < 4.78 is 4.18. The molecule has 7 heteroatoms. The van der Waals surface area contributed by atoms with Crippen LogP contribution < -0.4 is 5.56 Å². The van der Waals surface area contributed by atoms with Crippen molar-refractivity contribution in [3.05, 3.63) is 63.8 Å². The van der Waals surface area contributed by atoms with Crippen LogP contribution in [0.3, 0.4) is 0 Å². The smallest absolute Gasteiger partial charge is 0.267 e. The van der Waals surface area contributed by atoms with Crippen LogP contribution in [0.5, 0.6) is 0 Å². The lowest BCUT2D eigenvalue weighted by Crippen LogP contribution is -2.22. The number of benzene rings is 1. The zero-order chi connectivity index (χ0) is 16.8. The van der Waals surface area contributed by atoms with Gasteiger partial charge in [-0.25, -0.2) is 9.36 Å². The second-order valence-electron chi connectivity index (χ2n) is 5.51. The highest BCUT2D eigenvalue weighted by Gasteiger charge is 2.19. The molecule has 0 aliphatic rings. The van der Waals surface area contributed by atoms with Gasteiger partial charge in [0.2, 0.25) is 0 Å². The van der Waals surface area contributed by atoms with Crippen molar-refractivity contribution in [1.82, 2.24) is 19.6 Å². The average Bonchev–Trinajstić information content (AvgIpc) is 3.14. The molecule has 0 radical (unpaired) electrons. The molecule has 4 rings (SSSR count). The maximum atomic E-state index is 12.7. The summed E-state index contributed by atoms with van der Waals surface area (Å²) in [5.41, 5.74) is 2.13. The standard InChI is InChI=1S/C17H13ClN4OS/c1-10-7-13(16(23)21(2)20-10)15-12-5-3-4-6-14(12)24-17(15)22-9-11(18)8-19-22/h3-9H,1-2H3. The molecule has 0 unspecified atom stereocenters. The van der Waals surface area contributed by atoms with Gasteiger partial charge in [-0.05, 0) is 19.1 Å². The Hall–Kier alpha value is -2.44. The predicted octanol–water partition coefficient (Wildman–Crippen LogP) is 3.81. The Bertz CT molecular complexity index is 1130. The summed E-state index contributed by atoms with van der Waals surface area (Å²) in [5, 5.41) is 10.9. The van der Waals surface area contributed by atoms with Gasteiger partial charge < -0.3 is 0 Å². The molecule has 0 aliphatic carbocycles. The second kappa shape index (κ2) is 5.58. The molecule has 120 valence electrons. The van der Waals surface area contributed by atoms with Crippen molar-refractivity contribution < 1.29 is 0 Å². The lowest BCUT2D eigenvalue weighted by molar-refractivity contribution is 0.695. The Morgan fingerprint density at radius 2 is 2.04 bits per heavy atom. The molecule has 3 aromatic heterocycles. The minimum atomic E-state index is -0.136. The van der Waals surface area contributed by atoms with Crippen LogP contribution in [0.2, 0.25) is 5.02 Å². The van der Waals surface area contributed by atoms with Crippen LogP contribution in [0, 0.1) is 6.92 Å². The maximum absolute atomic E-state index is 12.7. The molecular formula is C17H13ClN4OS. The first-order chi connectivity index (χ1) is 11.5. The van der Waals surface area contributed by atoms with Crippen LogP contribution in [0.1, 0.15) is 5.69 Å². The fourth-order valence-electron chi connectivity index (χ4n) is 2.80. The van der Waals surface area contributed by atoms with E-state index >= 15 is 0 Å². The number of halogens is 1. The van der Waals surface area contributed by atoms with E-state index in [9.17, 15) is 4.79 Å². The summed E-state index contributed by atoms with van der Waals surface area (Å²) in [6.45, 7) is 1.88. The van der Waals surface area contributed by atoms with E-state index in [1.54, 1.807) is 35.5 Å². The topological polar surface area (TPSA) is 52.7 Å². The van der Waals surface area contributed by atoms with Crippen molar-refractivity contribution in [3.63, 3.8) is 0 Å². The molecule has 0 atom stereocenters. The van der Waals surface area contributed by atoms with Gasteiger partial charge in [-0.15, -0.1) is 11.3 Å². The molecule has 5 nitrogen and oxygen atoms in total. The summed E-state index contributed by atoms with van der Waals surface area (Å²) in [6, 6.07) is 9.84. The summed E-state index contributed by atoms with van der Waals surface area (Å²) in [4.78, 5) is 12.7. The Labute approximate surface area is 146 Å². The molecule has 0 amide bonds. The third-order valence-electron chi connectivity index (χ3n) is 3.79. The van der Waals surface area contributed by atoms with Crippen LogP contribution >= 0.6 is 22.9 Å². The third kappa shape index (κ3) is 2.35. The van der Waals surface area contributed by atoms with Gasteiger partial charge in [0, 0.05) is 22.7 Å². The van der Waals surface area contributed by atoms with Crippen molar-refractivity contribution in [2.24, 2.45) is 7.05 Å². The Morgan fingerprint density at radius 3 is 2.79 bits per heavy atom. The van der Waals surface area contributed by atoms with Crippen molar-refractivity contribution in [2.75, 3.05) is 0 Å². The molecule has 24 heavy (non-hydrogen) atoms. The van der Waals surface area contributed by atoms with Gasteiger partial charge in [-0.2, -0.15) is 10.2 Å². The summed E-state index contributed by atoms with van der Waals surface area (Å²) in [5.74, 6) is 0. The van der Waals surface area contributed by atoms with Gasteiger partial charge in [0.15, 0.2) is 0 Å². The Morgan fingerprint density at radius 1 is 1.25 bits per heavy atom. The molecule has 0 bridgehead atoms. The van der Waals surface area contributed by atoms with Crippen LogP contribution in [-0.4, -0.2) is 19.6 Å². The van der Waals surface area contributed by atoms with E-state index in [0.29, 0.717) is 10.6 Å². The first-order valence-electron chi connectivity index (χ1n) is 7.32. The lowest BCUT2D eigenvalue weighted by Gasteiger charge is -2.07. The van der Waals surface area contributed by atoms with E-state index in [-0.39, 0.29) is 5.56 Å². The average molecular weight is 357 g/mol. The number of hydrogen-bond acceptors (Lipinski definition) is 4. The van der Waals surface area contributed by atoms with Crippen molar-refractivity contribution >= 4 is 33.0 Å². The van der Waals surface area contributed by atoms with Gasteiger partial charge in [0.05, 0.1) is 28.7 Å². The molecule has 1 aromatic carbocycles.